The van der Waals surface area contributed by atoms with Crippen molar-refractivity contribution in [1.82, 2.24) is 24.8 Å². The van der Waals surface area contributed by atoms with Gasteiger partial charge in [0.2, 0.25) is 5.96 Å². The standard InChI is InChI=1S/C28H35FN6O/c1-21(23-9-10-24(25(29)19-23)22-7-5-4-6-8-22)26-20-27(36-31-26)30-28(34-15-11-32(2)12-16-34)35-17-13-33(3)14-18-35/h4-10,19-21H,11-18H2,1-3H3. The highest BCUT2D eigenvalue weighted by molar-refractivity contribution is 5.82. The molecule has 36 heavy (non-hydrogen) atoms. The summed E-state index contributed by atoms with van der Waals surface area (Å²) >= 11 is 0. The van der Waals surface area contributed by atoms with Crippen LogP contribution in [0.5, 0.6) is 0 Å². The molecule has 190 valence electrons. The maximum absolute atomic E-state index is 15.0. The van der Waals surface area contributed by atoms with Crippen molar-refractivity contribution < 1.29 is 8.91 Å². The molecule has 0 aliphatic carbocycles. The van der Waals surface area contributed by atoms with Crippen molar-refractivity contribution in [3.63, 3.8) is 0 Å². The number of halogens is 1. The van der Waals surface area contributed by atoms with Crippen molar-refractivity contribution in [2.24, 2.45) is 4.99 Å². The minimum absolute atomic E-state index is 0.118. The van der Waals surface area contributed by atoms with Gasteiger partial charge in [-0.1, -0.05) is 54.5 Å². The number of likely N-dealkylation sites (N-methyl/N-ethyl adjacent to an activating group) is 2. The van der Waals surface area contributed by atoms with Crippen LogP contribution in [-0.4, -0.2) is 97.2 Å². The Morgan fingerprint density at radius 3 is 2.06 bits per heavy atom. The van der Waals surface area contributed by atoms with Crippen LogP contribution in [0.4, 0.5) is 10.3 Å². The van der Waals surface area contributed by atoms with Gasteiger partial charge in [-0.2, -0.15) is 4.99 Å². The summed E-state index contributed by atoms with van der Waals surface area (Å²) in [4.78, 5) is 14.3. The molecule has 2 aliphatic heterocycles. The van der Waals surface area contributed by atoms with Gasteiger partial charge in [-0.3, -0.25) is 0 Å². The average molecular weight is 491 g/mol. The second-order valence-corrected chi connectivity index (χ2v) is 9.91. The number of hydrogen-bond acceptors (Lipinski definition) is 5. The second-order valence-electron chi connectivity index (χ2n) is 9.91. The van der Waals surface area contributed by atoms with E-state index in [9.17, 15) is 4.39 Å². The predicted octanol–water partition coefficient (Wildman–Crippen LogP) is 4.11. The lowest BCUT2D eigenvalue weighted by Crippen LogP contribution is -2.56. The van der Waals surface area contributed by atoms with Gasteiger partial charge in [0.1, 0.15) is 5.82 Å². The molecule has 1 unspecified atom stereocenters. The molecule has 0 spiro atoms. The first-order valence-electron chi connectivity index (χ1n) is 12.7. The van der Waals surface area contributed by atoms with Crippen molar-refractivity contribution in [3.05, 3.63) is 71.7 Å². The van der Waals surface area contributed by atoms with Gasteiger partial charge < -0.3 is 24.1 Å². The number of aromatic nitrogens is 1. The minimum atomic E-state index is -0.236. The van der Waals surface area contributed by atoms with Crippen LogP contribution in [0.25, 0.3) is 11.1 Å². The molecular weight excluding hydrogens is 455 g/mol. The van der Waals surface area contributed by atoms with E-state index in [0.29, 0.717) is 11.4 Å². The summed E-state index contributed by atoms with van der Waals surface area (Å²) in [5.74, 6) is 1.10. The van der Waals surface area contributed by atoms with Gasteiger partial charge >= 0.3 is 0 Å². The Hall–Kier alpha value is -3.23. The minimum Gasteiger partial charge on any atom is -0.340 e. The highest BCUT2D eigenvalue weighted by atomic mass is 19.1. The molecule has 2 saturated heterocycles. The fraction of sp³-hybridized carbons (Fsp3) is 0.429. The van der Waals surface area contributed by atoms with Crippen LogP contribution in [0.2, 0.25) is 0 Å². The number of hydrogen-bond donors (Lipinski definition) is 0. The third-order valence-corrected chi connectivity index (χ3v) is 7.32. The second kappa shape index (κ2) is 10.8. The lowest BCUT2D eigenvalue weighted by Gasteiger charge is -2.41. The van der Waals surface area contributed by atoms with Crippen molar-refractivity contribution in [3.8, 4) is 11.1 Å². The Balaban J connectivity index is 1.37. The Morgan fingerprint density at radius 1 is 0.861 bits per heavy atom. The molecule has 8 heteroatoms. The lowest BCUT2D eigenvalue weighted by molar-refractivity contribution is 0.167. The zero-order valence-electron chi connectivity index (χ0n) is 21.4. The zero-order valence-corrected chi connectivity index (χ0v) is 21.4. The average Bonchev–Trinajstić information content (AvgIpc) is 3.37. The van der Waals surface area contributed by atoms with E-state index in [4.69, 9.17) is 9.52 Å². The molecule has 0 amide bonds. The summed E-state index contributed by atoms with van der Waals surface area (Å²) in [6.45, 7) is 9.80. The van der Waals surface area contributed by atoms with E-state index in [2.05, 4.69) is 38.9 Å². The maximum atomic E-state index is 15.0. The molecule has 2 fully saturated rings. The quantitative estimate of drug-likeness (QED) is 0.405. The van der Waals surface area contributed by atoms with Crippen LogP contribution in [0, 0.1) is 5.82 Å². The number of aliphatic imine (C=N–C) groups is 1. The van der Waals surface area contributed by atoms with Crippen molar-refractivity contribution in [2.45, 2.75) is 12.8 Å². The first-order valence-corrected chi connectivity index (χ1v) is 12.7. The molecule has 7 nitrogen and oxygen atoms in total. The van der Waals surface area contributed by atoms with Gasteiger partial charge in [0.05, 0.1) is 5.69 Å². The van der Waals surface area contributed by atoms with Crippen molar-refractivity contribution in [2.75, 3.05) is 66.5 Å². The normalized spacial score (nSPS) is 18.3. The molecular formula is C28H35FN6O. The van der Waals surface area contributed by atoms with E-state index < -0.39 is 0 Å². The van der Waals surface area contributed by atoms with E-state index in [0.717, 1.165) is 75.1 Å². The molecule has 2 aliphatic rings. The molecule has 0 radical (unpaired) electrons. The first kappa shape index (κ1) is 24.5. The molecule has 5 rings (SSSR count). The van der Waals surface area contributed by atoms with E-state index in [1.165, 1.54) is 0 Å². The molecule has 3 aromatic rings. The smallest absolute Gasteiger partial charge is 0.253 e. The maximum Gasteiger partial charge on any atom is 0.253 e. The van der Waals surface area contributed by atoms with E-state index in [1.54, 1.807) is 6.07 Å². The Bertz CT molecular complexity index is 1160. The van der Waals surface area contributed by atoms with Crippen molar-refractivity contribution >= 4 is 11.8 Å². The highest BCUT2D eigenvalue weighted by Gasteiger charge is 2.26. The van der Waals surface area contributed by atoms with Crippen LogP contribution in [0.1, 0.15) is 24.1 Å². The summed E-state index contributed by atoms with van der Waals surface area (Å²) in [6, 6.07) is 16.9. The fourth-order valence-corrected chi connectivity index (χ4v) is 4.81. The monoisotopic (exact) mass is 490 g/mol. The van der Waals surface area contributed by atoms with E-state index in [-0.39, 0.29) is 11.7 Å². The summed E-state index contributed by atoms with van der Waals surface area (Å²) in [6.07, 6.45) is 0. The Kier molecular flexibility index (Phi) is 7.34. The molecule has 3 heterocycles. The summed E-state index contributed by atoms with van der Waals surface area (Å²) in [7, 11) is 4.31. The van der Waals surface area contributed by atoms with Gasteiger partial charge in [0.25, 0.3) is 5.88 Å². The topological polar surface area (TPSA) is 51.4 Å². The van der Waals surface area contributed by atoms with Gasteiger partial charge in [-0.15, -0.1) is 0 Å². The Labute approximate surface area is 212 Å². The van der Waals surface area contributed by atoms with Gasteiger partial charge in [0.15, 0.2) is 0 Å². The van der Waals surface area contributed by atoms with E-state index in [1.807, 2.05) is 55.5 Å². The number of guanidine groups is 1. The zero-order chi connectivity index (χ0) is 25.1. The third kappa shape index (κ3) is 5.44. The summed E-state index contributed by atoms with van der Waals surface area (Å²) < 4.78 is 20.7. The number of benzene rings is 2. The third-order valence-electron chi connectivity index (χ3n) is 7.32. The predicted molar refractivity (Wildman–Crippen MR) is 141 cm³/mol. The first-order chi connectivity index (χ1) is 17.5. The van der Waals surface area contributed by atoms with Crippen LogP contribution in [-0.2, 0) is 0 Å². The number of piperazine rings is 2. The van der Waals surface area contributed by atoms with Gasteiger partial charge in [-0.25, -0.2) is 4.39 Å². The summed E-state index contributed by atoms with van der Waals surface area (Å²) in [5, 5.41) is 4.31. The molecule has 1 aromatic heterocycles. The summed E-state index contributed by atoms with van der Waals surface area (Å²) in [5.41, 5.74) is 3.07. The molecule has 0 N–H and O–H groups in total. The van der Waals surface area contributed by atoms with Crippen LogP contribution >= 0.6 is 0 Å². The molecule has 1 atom stereocenters. The largest absolute Gasteiger partial charge is 0.340 e. The van der Waals surface area contributed by atoms with Gasteiger partial charge in [-0.05, 0) is 31.3 Å². The Morgan fingerprint density at radius 2 is 1.47 bits per heavy atom. The highest BCUT2D eigenvalue weighted by Crippen LogP contribution is 2.30. The van der Waals surface area contributed by atoms with E-state index >= 15 is 0 Å². The van der Waals surface area contributed by atoms with Crippen LogP contribution < -0.4 is 0 Å². The molecule has 2 aromatic carbocycles. The van der Waals surface area contributed by atoms with Crippen LogP contribution in [0.3, 0.4) is 0 Å². The fourth-order valence-electron chi connectivity index (χ4n) is 4.81. The number of rotatable bonds is 4. The number of nitrogens with zero attached hydrogens (tertiary/aromatic N) is 6. The van der Waals surface area contributed by atoms with Gasteiger partial charge in [0, 0.05) is 69.9 Å². The lowest BCUT2D eigenvalue weighted by atomic mass is 9.95. The van der Waals surface area contributed by atoms with Crippen molar-refractivity contribution in [1.29, 1.82) is 0 Å². The molecule has 0 bridgehead atoms. The van der Waals surface area contributed by atoms with Crippen LogP contribution in [0.15, 0.2) is 64.1 Å². The SMILES string of the molecule is CC(c1ccc(-c2ccccc2)c(F)c1)c1cc(N=C(N2CCN(C)CC2)N2CCN(C)CC2)on1. The molecule has 0 saturated carbocycles.